The molecule has 0 aliphatic heterocycles. The third-order valence-corrected chi connectivity index (χ3v) is 4.58. The van der Waals surface area contributed by atoms with E-state index < -0.39 is 28.4 Å². The molecule has 0 aliphatic rings. The highest BCUT2D eigenvalue weighted by Crippen LogP contribution is 2.16. The molecular weight excluding hydrogens is 346 g/mol. The predicted octanol–water partition coefficient (Wildman–Crippen LogP) is 1.22. The highest BCUT2D eigenvalue weighted by atomic mass is 32.2. The normalized spacial score (nSPS) is 11.0. The number of benzene rings is 1. The predicted molar refractivity (Wildman–Crippen MR) is 91.1 cm³/mol. The number of ketones is 1. The molecule has 0 N–H and O–H groups in total. The van der Waals surface area contributed by atoms with Gasteiger partial charge in [-0.05, 0) is 31.2 Å². The lowest BCUT2D eigenvalue weighted by atomic mass is 10.1. The van der Waals surface area contributed by atoms with Crippen molar-refractivity contribution in [1.29, 1.82) is 0 Å². The molecule has 0 atom stereocenters. The van der Waals surface area contributed by atoms with E-state index in [2.05, 4.69) is 9.97 Å². The molecular formula is C16H17N3O5S. The molecule has 1 aromatic heterocycles. The Labute approximate surface area is 145 Å². The average molecular weight is 363 g/mol. The summed E-state index contributed by atoms with van der Waals surface area (Å²) in [7, 11) is -1.96. The maximum Gasteiger partial charge on any atom is 0.358 e. The van der Waals surface area contributed by atoms with Gasteiger partial charge in [-0.25, -0.2) is 18.2 Å². The van der Waals surface area contributed by atoms with Crippen LogP contribution in [0.3, 0.4) is 0 Å². The van der Waals surface area contributed by atoms with Gasteiger partial charge in [-0.2, -0.15) is 0 Å². The summed E-state index contributed by atoms with van der Waals surface area (Å²) < 4.78 is 29.0. The molecule has 2 aromatic rings. The second kappa shape index (κ2) is 7.39. The van der Waals surface area contributed by atoms with Crippen molar-refractivity contribution < 1.29 is 22.7 Å². The number of hydrogen-bond acceptors (Lipinski definition) is 7. The summed E-state index contributed by atoms with van der Waals surface area (Å²) in [4.78, 5) is 31.7. The minimum Gasteiger partial charge on any atom is -0.453 e. The minimum absolute atomic E-state index is 0.0172. The van der Waals surface area contributed by atoms with E-state index in [1.54, 1.807) is 6.92 Å². The molecule has 0 saturated heterocycles. The molecule has 2 rings (SSSR count). The zero-order chi connectivity index (χ0) is 18.6. The van der Waals surface area contributed by atoms with Crippen LogP contribution in [0.1, 0.15) is 26.5 Å². The number of rotatable bonds is 6. The van der Waals surface area contributed by atoms with E-state index in [-0.39, 0.29) is 5.69 Å². The quantitative estimate of drug-likeness (QED) is 0.561. The van der Waals surface area contributed by atoms with Crippen LogP contribution in [-0.2, 0) is 14.8 Å². The van der Waals surface area contributed by atoms with Crippen molar-refractivity contribution in [1.82, 2.24) is 9.97 Å². The molecule has 0 fully saturated rings. The third kappa shape index (κ3) is 4.83. The zero-order valence-electron chi connectivity index (χ0n) is 14.0. The van der Waals surface area contributed by atoms with Crippen molar-refractivity contribution in [3.63, 3.8) is 0 Å². The number of ether oxygens (including phenoxy) is 1. The Morgan fingerprint density at radius 2 is 1.76 bits per heavy atom. The molecule has 0 bridgehead atoms. The van der Waals surface area contributed by atoms with Crippen LogP contribution < -0.4 is 4.31 Å². The molecule has 1 heterocycles. The van der Waals surface area contributed by atoms with Crippen LogP contribution in [0.4, 0.5) is 5.69 Å². The fourth-order valence-electron chi connectivity index (χ4n) is 1.84. The summed E-state index contributed by atoms with van der Waals surface area (Å²) in [6, 6.07) is 5.95. The molecule has 132 valence electrons. The molecule has 0 spiro atoms. The van der Waals surface area contributed by atoms with Crippen LogP contribution in [0.5, 0.6) is 0 Å². The van der Waals surface area contributed by atoms with Gasteiger partial charge in [0.05, 0.1) is 23.8 Å². The van der Waals surface area contributed by atoms with Crippen molar-refractivity contribution in [3.8, 4) is 0 Å². The first-order chi connectivity index (χ1) is 11.7. The first-order valence-corrected chi connectivity index (χ1v) is 9.06. The lowest BCUT2D eigenvalue weighted by molar-refractivity contribution is 0.0468. The Bertz CT molecular complexity index is 877. The van der Waals surface area contributed by atoms with Gasteiger partial charge in [0.25, 0.3) is 0 Å². The zero-order valence-corrected chi connectivity index (χ0v) is 14.8. The second-order valence-corrected chi connectivity index (χ2v) is 7.33. The monoisotopic (exact) mass is 363 g/mol. The number of carbonyl (C=O) groups is 2. The number of carbonyl (C=O) groups excluding carboxylic acids is 2. The van der Waals surface area contributed by atoms with Crippen LogP contribution in [0.15, 0.2) is 36.7 Å². The number of aromatic nitrogens is 2. The Hall–Kier alpha value is -2.81. The van der Waals surface area contributed by atoms with Gasteiger partial charge >= 0.3 is 5.97 Å². The highest BCUT2D eigenvalue weighted by molar-refractivity contribution is 7.92. The van der Waals surface area contributed by atoms with Crippen LogP contribution in [0.25, 0.3) is 0 Å². The smallest absolute Gasteiger partial charge is 0.358 e. The molecule has 0 saturated carbocycles. The summed E-state index contributed by atoms with van der Waals surface area (Å²) in [6.45, 7) is 1.28. The van der Waals surface area contributed by atoms with Crippen molar-refractivity contribution in [3.05, 3.63) is 53.6 Å². The fourth-order valence-corrected chi connectivity index (χ4v) is 2.34. The lowest BCUT2D eigenvalue weighted by Gasteiger charge is -2.16. The van der Waals surface area contributed by atoms with E-state index in [0.29, 0.717) is 16.9 Å². The van der Waals surface area contributed by atoms with Crippen molar-refractivity contribution in [2.45, 2.75) is 6.92 Å². The van der Waals surface area contributed by atoms with Gasteiger partial charge in [-0.1, -0.05) is 0 Å². The third-order valence-electron chi connectivity index (χ3n) is 3.37. The summed E-state index contributed by atoms with van der Waals surface area (Å²) >= 11 is 0. The van der Waals surface area contributed by atoms with Crippen molar-refractivity contribution in [2.24, 2.45) is 0 Å². The lowest BCUT2D eigenvalue weighted by Crippen LogP contribution is -2.24. The number of esters is 1. The number of aryl methyl sites for hydroxylation is 1. The summed E-state index contributed by atoms with van der Waals surface area (Å²) in [6.07, 6.45) is 3.78. The van der Waals surface area contributed by atoms with E-state index in [9.17, 15) is 18.0 Å². The molecule has 9 heteroatoms. The molecule has 1 aromatic carbocycles. The average Bonchev–Trinajstić information content (AvgIpc) is 2.58. The standard InChI is InChI=1S/C16H17N3O5S/c1-11-8-18-14(9-17-11)16(21)24-10-15(20)12-4-6-13(7-5-12)19(2)25(3,22)23/h4-9H,10H2,1-3H3. The molecule has 8 nitrogen and oxygen atoms in total. The fraction of sp³-hybridized carbons (Fsp3) is 0.250. The van der Waals surface area contributed by atoms with Crippen molar-refractivity contribution in [2.75, 3.05) is 24.2 Å². The number of sulfonamides is 1. The molecule has 0 unspecified atom stereocenters. The molecule has 0 radical (unpaired) electrons. The summed E-state index contributed by atoms with van der Waals surface area (Å²) in [5.74, 6) is -1.16. The van der Waals surface area contributed by atoms with Gasteiger partial charge in [0.15, 0.2) is 18.1 Å². The van der Waals surface area contributed by atoms with E-state index >= 15 is 0 Å². The first-order valence-electron chi connectivity index (χ1n) is 7.21. The van der Waals surface area contributed by atoms with E-state index in [4.69, 9.17) is 4.74 Å². The van der Waals surface area contributed by atoms with Crippen LogP contribution in [0, 0.1) is 6.92 Å². The SMILES string of the molecule is Cc1cnc(C(=O)OCC(=O)c2ccc(N(C)S(C)(=O)=O)cc2)cn1. The Morgan fingerprint density at radius 3 is 2.28 bits per heavy atom. The van der Waals surface area contributed by atoms with Gasteiger partial charge in [-0.15, -0.1) is 0 Å². The number of nitrogens with zero attached hydrogens (tertiary/aromatic N) is 3. The first kappa shape index (κ1) is 18.5. The van der Waals surface area contributed by atoms with Gasteiger partial charge in [0.2, 0.25) is 10.0 Å². The Morgan fingerprint density at radius 1 is 1.12 bits per heavy atom. The van der Waals surface area contributed by atoms with Gasteiger partial charge in [0.1, 0.15) is 0 Å². The van der Waals surface area contributed by atoms with Crippen molar-refractivity contribution >= 4 is 27.5 Å². The Kier molecular flexibility index (Phi) is 5.48. The Balaban J connectivity index is 1.99. The number of anilines is 1. The van der Waals surface area contributed by atoms with Gasteiger partial charge < -0.3 is 4.74 Å². The highest BCUT2D eigenvalue weighted by Gasteiger charge is 2.15. The topological polar surface area (TPSA) is 107 Å². The second-order valence-electron chi connectivity index (χ2n) is 5.32. The molecule has 0 aliphatic carbocycles. The maximum absolute atomic E-state index is 12.1. The van der Waals surface area contributed by atoms with Gasteiger partial charge in [-0.3, -0.25) is 14.1 Å². The van der Waals surface area contributed by atoms with Crippen LogP contribution in [-0.4, -0.2) is 50.0 Å². The van der Waals surface area contributed by atoms with Crippen LogP contribution >= 0.6 is 0 Å². The van der Waals surface area contributed by atoms with E-state index in [0.717, 1.165) is 10.6 Å². The number of Topliss-reactive ketones (excluding diaryl/α,β-unsaturated/α-hetero) is 1. The molecule has 0 amide bonds. The largest absolute Gasteiger partial charge is 0.453 e. The van der Waals surface area contributed by atoms with E-state index in [1.807, 2.05) is 0 Å². The number of hydrogen-bond donors (Lipinski definition) is 0. The van der Waals surface area contributed by atoms with Crippen LogP contribution in [0.2, 0.25) is 0 Å². The minimum atomic E-state index is -3.38. The van der Waals surface area contributed by atoms with E-state index in [1.165, 1.54) is 43.7 Å². The summed E-state index contributed by atoms with van der Waals surface area (Å²) in [5, 5.41) is 0. The summed E-state index contributed by atoms with van der Waals surface area (Å²) in [5.41, 5.74) is 1.40. The molecule has 25 heavy (non-hydrogen) atoms. The van der Waals surface area contributed by atoms with Gasteiger partial charge in [0, 0.05) is 18.8 Å². The maximum atomic E-state index is 12.1.